The molecule has 4 heteroatoms. The summed E-state index contributed by atoms with van der Waals surface area (Å²) >= 11 is 0. The van der Waals surface area contributed by atoms with Gasteiger partial charge in [0.15, 0.2) is 11.5 Å². The van der Waals surface area contributed by atoms with Crippen LogP contribution in [0.2, 0.25) is 0 Å². The van der Waals surface area contributed by atoms with Crippen molar-refractivity contribution in [1.29, 1.82) is 0 Å². The highest BCUT2D eigenvalue weighted by molar-refractivity contribution is 5.39. The van der Waals surface area contributed by atoms with Crippen molar-refractivity contribution in [2.75, 3.05) is 39.6 Å². The van der Waals surface area contributed by atoms with Gasteiger partial charge in [-0.25, -0.2) is 0 Å². The molecule has 0 N–H and O–H groups in total. The maximum atomic E-state index is 5.57. The van der Waals surface area contributed by atoms with E-state index in [0.717, 1.165) is 0 Å². The fraction of sp³-hybridized carbons (Fsp3) is 0.375. The van der Waals surface area contributed by atoms with Gasteiger partial charge in [-0.05, 0) is 12.1 Å². The van der Waals surface area contributed by atoms with Gasteiger partial charge in [-0.1, -0.05) is 24.0 Å². The average Bonchev–Trinajstić information content (AvgIpc) is 2.48. The maximum Gasteiger partial charge on any atom is 0.161 e. The van der Waals surface area contributed by atoms with Crippen LogP contribution in [-0.2, 0) is 9.47 Å². The van der Waals surface area contributed by atoms with Crippen LogP contribution in [0.4, 0.5) is 0 Å². The van der Waals surface area contributed by atoms with E-state index in [1.54, 1.807) is 0 Å². The van der Waals surface area contributed by atoms with E-state index in [-0.39, 0.29) is 13.2 Å². The molecule has 0 amide bonds. The zero-order valence-electron chi connectivity index (χ0n) is 11.3. The fourth-order valence-corrected chi connectivity index (χ4v) is 1.37. The molecule has 1 rings (SSSR count). The first kappa shape index (κ1) is 15.9. The minimum Gasteiger partial charge on any atom is -0.487 e. The molecule has 0 radical (unpaired) electrons. The maximum absolute atomic E-state index is 5.57. The van der Waals surface area contributed by atoms with Crippen LogP contribution >= 0.6 is 0 Å². The molecule has 0 unspecified atom stereocenters. The SMILES string of the molecule is C#CCOCCOc1ccccc1OCCOCC#C. The van der Waals surface area contributed by atoms with Crippen molar-refractivity contribution in [1.82, 2.24) is 0 Å². The molecule has 0 fully saturated rings. The number of para-hydroxylation sites is 2. The van der Waals surface area contributed by atoms with Gasteiger partial charge >= 0.3 is 0 Å². The third-order valence-corrected chi connectivity index (χ3v) is 2.19. The van der Waals surface area contributed by atoms with E-state index in [2.05, 4.69) is 11.8 Å². The van der Waals surface area contributed by atoms with Gasteiger partial charge in [-0.2, -0.15) is 0 Å². The van der Waals surface area contributed by atoms with Gasteiger partial charge < -0.3 is 18.9 Å². The average molecular weight is 274 g/mol. The van der Waals surface area contributed by atoms with Crippen LogP contribution in [0.25, 0.3) is 0 Å². The van der Waals surface area contributed by atoms with Crippen LogP contribution in [0, 0.1) is 24.7 Å². The highest BCUT2D eigenvalue weighted by Gasteiger charge is 2.03. The zero-order chi connectivity index (χ0) is 14.5. The molecule has 1 aromatic rings. The van der Waals surface area contributed by atoms with Crippen LogP contribution in [0.5, 0.6) is 11.5 Å². The lowest BCUT2D eigenvalue weighted by molar-refractivity contribution is 0.113. The standard InChI is InChI=1S/C16H18O4/c1-3-9-17-11-13-19-15-7-5-6-8-16(15)20-14-12-18-10-4-2/h1-2,5-8H,9-14H2. The molecule has 4 nitrogen and oxygen atoms in total. The summed E-state index contributed by atoms with van der Waals surface area (Å²) in [5.41, 5.74) is 0. The lowest BCUT2D eigenvalue weighted by Crippen LogP contribution is -2.10. The normalized spacial score (nSPS) is 9.50. The van der Waals surface area contributed by atoms with Crippen molar-refractivity contribution in [2.45, 2.75) is 0 Å². The largest absolute Gasteiger partial charge is 0.487 e. The van der Waals surface area contributed by atoms with Gasteiger partial charge in [-0.15, -0.1) is 12.8 Å². The zero-order valence-corrected chi connectivity index (χ0v) is 11.3. The van der Waals surface area contributed by atoms with Crippen molar-refractivity contribution in [3.05, 3.63) is 24.3 Å². The minimum atomic E-state index is 0.286. The summed E-state index contributed by atoms with van der Waals surface area (Å²) in [4.78, 5) is 0. The molecule has 20 heavy (non-hydrogen) atoms. The van der Waals surface area contributed by atoms with Crippen LogP contribution in [0.15, 0.2) is 24.3 Å². The summed E-state index contributed by atoms with van der Waals surface area (Å²) in [6.45, 7) is 2.26. The molecule has 0 aliphatic heterocycles. The van der Waals surface area contributed by atoms with Crippen molar-refractivity contribution >= 4 is 0 Å². The number of ether oxygens (including phenoxy) is 4. The van der Waals surface area contributed by atoms with E-state index in [1.807, 2.05) is 24.3 Å². The Morgan fingerprint density at radius 1 is 0.750 bits per heavy atom. The number of hydrogen-bond acceptors (Lipinski definition) is 4. The molecular weight excluding hydrogens is 256 g/mol. The number of rotatable bonds is 10. The highest BCUT2D eigenvalue weighted by atomic mass is 16.6. The van der Waals surface area contributed by atoms with Crippen LogP contribution < -0.4 is 9.47 Å². The molecule has 0 aliphatic rings. The van der Waals surface area contributed by atoms with Gasteiger partial charge in [0.05, 0.1) is 13.2 Å². The monoisotopic (exact) mass is 274 g/mol. The summed E-state index contributed by atoms with van der Waals surface area (Å²) in [7, 11) is 0. The van der Waals surface area contributed by atoms with Crippen molar-refractivity contribution in [3.63, 3.8) is 0 Å². The molecule has 0 atom stereocenters. The molecule has 0 aromatic heterocycles. The Morgan fingerprint density at radius 3 is 1.60 bits per heavy atom. The third-order valence-electron chi connectivity index (χ3n) is 2.19. The van der Waals surface area contributed by atoms with E-state index in [0.29, 0.717) is 37.9 Å². The topological polar surface area (TPSA) is 36.9 Å². The first-order valence-electron chi connectivity index (χ1n) is 6.25. The van der Waals surface area contributed by atoms with E-state index in [4.69, 9.17) is 31.8 Å². The Morgan fingerprint density at radius 2 is 1.20 bits per heavy atom. The van der Waals surface area contributed by atoms with Crippen LogP contribution in [0.1, 0.15) is 0 Å². The van der Waals surface area contributed by atoms with Gasteiger partial charge in [0.2, 0.25) is 0 Å². The van der Waals surface area contributed by atoms with E-state index >= 15 is 0 Å². The third kappa shape index (κ3) is 6.70. The van der Waals surface area contributed by atoms with Gasteiger partial charge in [0.25, 0.3) is 0 Å². The second-order valence-electron chi connectivity index (χ2n) is 3.66. The lowest BCUT2D eigenvalue weighted by atomic mass is 10.3. The number of benzene rings is 1. The first-order valence-corrected chi connectivity index (χ1v) is 6.25. The molecule has 0 spiro atoms. The molecule has 0 saturated carbocycles. The predicted octanol–water partition coefficient (Wildman–Crippen LogP) is 1.74. The number of hydrogen-bond donors (Lipinski definition) is 0. The van der Waals surface area contributed by atoms with E-state index in [9.17, 15) is 0 Å². The van der Waals surface area contributed by atoms with Crippen molar-refractivity contribution < 1.29 is 18.9 Å². The van der Waals surface area contributed by atoms with Crippen LogP contribution in [0.3, 0.4) is 0 Å². The Balaban J connectivity index is 2.31. The minimum absolute atomic E-state index is 0.286. The van der Waals surface area contributed by atoms with Gasteiger partial charge in [0, 0.05) is 0 Å². The predicted molar refractivity (Wildman–Crippen MR) is 76.7 cm³/mol. The molecule has 0 bridgehead atoms. The molecular formula is C16H18O4. The first-order chi connectivity index (χ1) is 9.88. The summed E-state index contributed by atoms with van der Waals surface area (Å²) in [6.07, 6.45) is 10.2. The molecule has 1 aromatic carbocycles. The Kier molecular flexibility index (Phi) is 8.56. The molecule has 106 valence electrons. The Hall–Kier alpha value is -2.14. The second kappa shape index (κ2) is 10.8. The second-order valence-corrected chi connectivity index (χ2v) is 3.66. The fourth-order valence-electron chi connectivity index (χ4n) is 1.37. The molecule has 0 aliphatic carbocycles. The van der Waals surface area contributed by atoms with Crippen molar-refractivity contribution in [3.8, 4) is 36.2 Å². The summed E-state index contributed by atoms with van der Waals surface area (Å²) in [6, 6.07) is 7.41. The quantitative estimate of drug-likeness (QED) is 0.481. The molecule has 0 saturated heterocycles. The van der Waals surface area contributed by atoms with Gasteiger partial charge in [0.1, 0.15) is 26.4 Å². The van der Waals surface area contributed by atoms with Gasteiger partial charge in [-0.3, -0.25) is 0 Å². The smallest absolute Gasteiger partial charge is 0.161 e. The summed E-state index contributed by atoms with van der Waals surface area (Å²) < 4.78 is 21.4. The van der Waals surface area contributed by atoms with Crippen molar-refractivity contribution in [2.24, 2.45) is 0 Å². The lowest BCUT2D eigenvalue weighted by Gasteiger charge is -2.12. The number of terminal acetylenes is 2. The Bertz CT molecular complexity index is 413. The summed E-state index contributed by atoms with van der Waals surface area (Å²) in [5, 5.41) is 0. The highest BCUT2D eigenvalue weighted by Crippen LogP contribution is 2.26. The van der Waals surface area contributed by atoms with Crippen LogP contribution in [-0.4, -0.2) is 39.6 Å². The summed E-state index contributed by atoms with van der Waals surface area (Å²) in [5.74, 6) is 6.11. The molecule has 0 heterocycles. The van der Waals surface area contributed by atoms with E-state index in [1.165, 1.54) is 0 Å². The Labute approximate surface area is 120 Å². The van der Waals surface area contributed by atoms with E-state index < -0.39 is 0 Å².